The molecule has 0 aliphatic heterocycles. The van der Waals surface area contributed by atoms with Crippen LogP contribution < -0.4 is 5.73 Å². The van der Waals surface area contributed by atoms with Gasteiger partial charge in [-0.3, -0.25) is 0 Å². The molecule has 2 bridgehead atoms. The monoisotopic (exact) mass is 204 g/mol. The van der Waals surface area contributed by atoms with E-state index in [2.05, 4.69) is 22.9 Å². The number of fused-ring (bicyclic) bond motifs is 2. The predicted molar refractivity (Wildman–Crippen MR) is 61.3 cm³/mol. The maximum atomic E-state index is 5.72. The van der Waals surface area contributed by atoms with Gasteiger partial charge < -0.3 is 10.3 Å². The lowest BCUT2D eigenvalue weighted by Crippen LogP contribution is -2.18. The van der Waals surface area contributed by atoms with Gasteiger partial charge in [-0.05, 0) is 49.1 Å². The van der Waals surface area contributed by atoms with Gasteiger partial charge in [0.05, 0.1) is 0 Å². The molecule has 0 aromatic carbocycles. The number of rotatable bonds is 3. The Labute approximate surface area is 91.5 Å². The summed E-state index contributed by atoms with van der Waals surface area (Å²) in [5, 5.41) is 0. The Morgan fingerprint density at radius 2 is 2.27 bits per heavy atom. The molecule has 3 atom stereocenters. The molecule has 2 aliphatic carbocycles. The van der Waals surface area contributed by atoms with Gasteiger partial charge in [-0.2, -0.15) is 0 Å². The van der Waals surface area contributed by atoms with E-state index in [9.17, 15) is 0 Å². The van der Waals surface area contributed by atoms with Crippen molar-refractivity contribution in [2.45, 2.75) is 38.8 Å². The fraction of sp³-hybridized carbons (Fsp3) is 0.692. The molecule has 1 aromatic rings. The number of hydrogen-bond acceptors (Lipinski definition) is 1. The van der Waals surface area contributed by atoms with Crippen LogP contribution >= 0.6 is 0 Å². The lowest BCUT2D eigenvalue weighted by Gasteiger charge is -2.23. The molecule has 2 heteroatoms. The van der Waals surface area contributed by atoms with E-state index in [0.717, 1.165) is 17.8 Å². The molecule has 3 unspecified atom stereocenters. The molecular formula is C13H20N2. The van der Waals surface area contributed by atoms with Gasteiger partial charge in [0.25, 0.3) is 0 Å². The Hall–Kier alpha value is -0.760. The average Bonchev–Trinajstić information content (AvgIpc) is 2.92. The smallest absolute Gasteiger partial charge is 0.0334 e. The largest absolute Gasteiger partial charge is 0.350 e. The Morgan fingerprint density at radius 1 is 1.33 bits per heavy atom. The molecule has 82 valence electrons. The predicted octanol–water partition coefficient (Wildman–Crippen LogP) is 2.38. The minimum Gasteiger partial charge on any atom is -0.350 e. The second-order valence-electron chi connectivity index (χ2n) is 5.29. The van der Waals surface area contributed by atoms with Gasteiger partial charge in [0.15, 0.2) is 0 Å². The van der Waals surface area contributed by atoms with Crippen LogP contribution in [0.3, 0.4) is 0 Å². The zero-order chi connectivity index (χ0) is 10.3. The molecule has 2 fully saturated rings. The van der Waals surface area contributed by atoms with Gasteiger partial charge in [-0.15, -0.1) is 0 Å². The normalized spacial score (nSPS) is 33.8. The van der Waals surface area contributed by atoms with Crippen LogP contribution in [-0.4, -0.2) is 4.57 Å². The SMILES string of the molecule is NCc1cccn1CC1CC2CCC1C2. The van der Waals surface area contributed by atoms with E-state index in [4.69, 9.17) is 5.73 Å². The van der Waals surface area contributed by atoms with Crippen LogP contribution in [0.5, 0.6) is 0 Å². The van der Waals surface area contributed by atoms with Crippen LogP contribution in [0.25, 0.3) is 0 Å². The first-order valence-electron chi connectivity index (χ1n) is 6.21. The summed E-state index contributed by atoms with van der Waals surface area (Å²) in [6.07, 6.45) is 8.14. The summed E-state index contributed by atoms with van der Waals surface area (Å²) in [5.41, 5.74) is 7.01. The number of nitrogens with zero attached hydrogens (tertiary/aromatic N) is 1. The van der Waals surface area contributed by atoms with Crippen LogP contribution in [0.1, 0.15) is 31.4 Å². The van der Waals surface area contributed by atoms with Gasteiger partial charge in [0, 0.05) is 25.0 Å². The maximum Gasteiger partial charge on any atom is 0.0334 e. The molecule has 2 saturated carbocycles. The van der Waals surface area contributed by atoms with E-state index in [0.29, 0.717) is 6.54 Å². The Balaban J connectivity index is 1.70. The van der Waals surface area contributed by atoms with Crippen LogP contribution in [0, 0.1) is 17.8 Å². The van der Waals surface area contributed by atoms with Gasteiger partial charge in [0.1, 0.15) is 0 Å². The third-order valence-electron chi connectivity index (χ3n) is 4.45. The number of nitrogens with two attached hydrogens (primary N) is 1. The van der Waals surface area contributed by atoms with Crippen molar-refractivity contribution in [3.63, 3.8) is 0 Å². The molecular weight excluding hydrogens is 184 g/mol. The van der Waals surface area contributed by atoms with Crippen LogP contribution in [-0.2, 0) is 13.1 Å². The highest BCUT2D eigenvalue weighted by Crippen LogP contribution is 2.48. The van der Waals surface area contributed by atoms with Crippen LogP contribution in [0.4, 0.5) is 0 Å². The van der Waals surface area contributed by atoms with Crippen molar-refractivity contribution in [1.29, 1.82) is 0 Å². The zero-order valence-corrected chi connectivity index (χ0v) is 9.23. The highest BCUT2D eigenvalue weighted by Gasteiger charge is 2.39. The summed E-state index contributed by atoms with van der Waals surface area (Å²) in [5.74, 6) is 3.00. The van der Waals surface area contributed by atoms with E-state index in [1.165, 1.54) is 37.9 Å². The summed E-state index contributed by atoms with van der Waals surface area (Å²) in [6.45, 7) is 1.88. The second-order valence-corrected chi connectivity index (χ2v) is 5.29. The Morgan fingerprint density at radius 3 is 2.93 bits per heavy atom. The van der Waals surface area contributed by atoms with E-state index in [-0.39, 0.29) is 0 Å². The zero-order valence-electron chi connectivity index (χ0n) is 9.23. The van der Waals surface area contributed by atoms with Crippen molar-refractivity contribution in [2.75, 3.05) is 0 Å². The second kappa shape index (κ2) is 3.67. The lowest BCUT2D eigenvalue weighted by atomic mass is 9.89. The first-order valence-corrected chi connectivity index (χ1v) is 6.21. The summed E-state index contributed by atoms with van der Waals surface area (Å²) >= 11 is 0. The minimum absolute atomic E-state index is 0.674. The molecule has 1 aromatic heterocycles. The first kappa shape index (κ1) is 9.46. The molecule has 2 aliphatic rings. The highest BCUT2D eigenvalue weighted by atomic mass is 15.0. The fourth-order valence-corrected chi connectivity index (χ4v) is 3.67. The van der Waals surface area contributed by atoms with Crippen molar-refractivity contribution in [3.05, 3.63) is 24.0 Å². The Bertz CT molecular complexity index is 342. The van der Waals surface area contributed by atoms with Crippen molar-refractivity contribution < 1.29 is 0 Å². The van der Waals surface area contributed by atoms with Gasteiger partial charge in [-0.25, -0.2) is 0 Å². The maximum absolute atomic E-state index is 5.72. The molecule has 0 amide bonds. The highest BCUT2D eigenvalue weighted by molar-refractivity contribution is 5.07. The summed E-state index contributed by atoms with van der Waals surface area (Å²) in [7, 11) is 0. The third kappa shape index (κ3) is 1.61. The standard InChI is InChI=1S/C13H20N2/c14-8-13-2-1-5-15(13)9-12-7-10-3-4-11(12)6-10/h1-2,5,10-12H,3-4,6-9,14H2. The molecule has 1 heterocycles. The molecule has 2 nitrogen and oxygen atoms in total. The van der Waals surface area contributed by atoms with E-state index < -0.39 is 0 Å². The van der Waals surface area contributed by atoms with Gasteiger partial charge in [-0.1, -0.05) is 6.42 Å². The van der Waals surface area contributed by atoms with Crippen molar-refractivity contribution in [1.82, 2.24) is 4.57 Å². The quantitative estimate of drug-likeness (QED) is 0.805. The molecule has 0 spiro atoms. The van der Waals surface area contributed by atoms with Crippen LogP contribution in [0.2, 0.25) is 0 Å². The Kier molecular flexibility index (Phi) is 2.32. The topological polar surface area (TPSA) is 30.9 Å². The van der Waals surface area contributed by atoms with Gasteiger partial charge in [0.2, 0.25) is 0 Å². The number of hydrogen-bond donors (Lipinski definition) is 1. The first-order chi connectivity index (χ1) is 7.36. The molecule has 0 saturated heterocycles. The number of aromatic nitrogens is 1. The van der Waals surface area contributed by atoms with Crippen molar-refractivity contribution in [3.8, 4) is 0 Å². The fourth-order valence-electron chi connectivity index (χ4n) is 3.67. The van der Waals surface area contributed by atoms with E-state index >= 15 is 0 Å². The van der Waals surface area contributed by atoms with Gasteiger partial charge >= 0.3 is 0 Å². The molecule has 0 radical (unpaired) electrons. The molecule has 3 rings (SSSR count). The summed E-state index contributed by atoms with van der Waals surface area (Å²) in [6, 6.07) is 4.27. The molecule has 15 heavy (non-hydrogen) atoms. The van der Waals surface area contributed by atoms with E-state index in [1.807, 2.05) is 0 Å². The lowest BCUT2D eigenvalue weighted by molar-refractivity contribution is 0.293. The minimum atomic E-state index is 0.674. The summed E-state index contributed by atoms with van der Waals surface area (Å²) < 4.78 is 2.37. The van der Waals surface area contributed by atoms with E-state index in [1.54, 1.807) is 0 Å². The van der Waals surface area contributed by atoms with Crippen LogP contribution in [0.15, 0.2) is 18.3 Å². The molecule has 2 N–H and O–H groups in total. The van der Waals surface area contributed by atoms with Crippen molar-refractivity contribution in [2.24, 2.45) is 23.5 Å². The van der Waals surface area contributed by atoms with Crippen molar-refractivity contribution >= 4 is 0 Å². The summed E-state index contributed by atoms with van der Waals surface area (Å²) in [4.78, 5) is 0. The average molecular weight is 204 g/mol. The third-order valence-corrected chi connectivity index (χ3v) is 4.45.